The average Bonchev–Trinajstić information content (AvgIpc) is 2.60. The maximum absolute atomic E-state index is 11.0. The molecule has 2 aromatic rings. The Morgan fingerprint density at radius 3 is 3.00 bits per heavy atom. The first kappa shape index (κ1) is 11.5. The molecule has 0 saturated heterocycles. The molecule has 0 aliphatic carbocycles. The topological polar surface area (TPSA) is 76.7 Å². The van der Waals surface area contributed by atoms with E-state index in [9.17, 15) is 4.79 Å². The summed E-state index contributed by atoms with van der Waals surface area (Å²) in [6, 6.07) is 7.80. The Labute approximate surface area is 103 Å². The van der Waals surface area contributed by atoms with E-state index in [-0.39, 0.29) is 6.54 Å². The van der Waals surface area contributed by atoms with E-state index in [0.717, 1.165) is 11.1 Å². The molecule has 1 heterocycles. The SMILES string of the molecule is Cc1cccc(-c2n[nH]c(=S)n2CC(N)=O)c1. The zero-order valence-corrected chi connectivity index (χ0v) is 10.1. The van der Waals surface area contributed by atoms with Crippen LogP contribution in [-0.4, -0.2) is 20.7 Å². The number of carbonyl (C=O) groups excluding carboxylic acids is 1. The molecule has 1 aromatic carbocycles. The zero-order chi connectivity index (χ0) is 12.4. The van der Waals surface area contributed by atoms with Gasteiger partial charge < -0.3 is 5.73 Å². The Balaban J connectivity index is 2.52. The van der Waals surface area contributed by atoms with Crippen LogP contribution >= 0.6 is 12.2 Å². The molecular weight excluding hydrogens is 236 g/mol. The summed E-state index contributed by atoms with van der Waals surface area (Å²) in [7, 11) is 0. The lowest BCUT2D eigenvalue weighted by molar-refractivity contribution is -0.118. The molecule has 0 fully saturated rings. The summed E-state index contributed by atoms with van der Waals surface area (Å²) in [5, 5.41) is 6.79. The van der Waals surface area contributed by atoms with Gasteiger partial charge in [-0.15, -0.1) is 0 Å². The summed E-state index contributed by atoms with van der Waals surface area (Å²) in [5.74, 6) is 0.175. The third-order valence-electron chi connectivity index (χ3n) is 2.35. The quantitative estimate of drug-likeness (QED) is 0.806. The lowest BCUT2D eigenvalue weighted by Gasteiger charge is -2.04. The van der Waals surface area contributed by atoms with Crippen molar-refractivity contribution in [3.63, 3.8) is 0 Å². The number of aromatic nitrogens is 3. The number of nitrogens with zero attached hydrogens (tertiary/aromatic N) is 2. The number of aryl methyl sites for hydroxylation is 1. The molecule has 3 N–H and O–H groups in total. The van der Waals surface area contributed by atoms with Crippen LogP contribution < -0.4 is 5.73 Å². The van der Waals surface area contributed by atoms with Gasteiger partial charge in [-0.2, -0.15) is 5.10 Å². The highest BCUT2D eigenvalue weighted by Gasteiger charge is 2.10. The first-order chi connectivity index (χ1) is 8.08. The van der Waals surface area contributed by atoms with Crippen molar-refractivity contribution >= 4 is 18.1 Å². The van der Waals surface area contributed by atoms with Gasteiger partial charge in [0.25, 0.3) is 0 Å². The van der Waals surface area contributed by atoms with Gasteiger partial charge in [-0.05, 0) is 25.2 Å². The van der Waals surface area contributed by atoms with Crippen molar-refractivity contribution in [2.24, 2.45) is 5.73 Å². The molecule has 0 unspecified atom stereocenters. The van der Waals surface area contributed by atoms with Gasteiger partial charge in [0.1, 0.15) is 6.54 Å². The second kappa shape index (κ2) is 4.50. The summed E-state index contributed by atoms with van der Waals surface area (Å²) in [6.45, 7) is 2.02. The smallest absolute Gasteiger partial charge is 0.237 e. The van der Waals surface area contributed by atoms with Crippen molar-refractivity contribution in [1.82, 2.24) is 14.8 Å². The molecule has 1 aromatic heterocycles. The molecule has 2 rings (SSSR count). The number of nitrogens with one attached hydrogen (secondary N) is 1. The number of benzene rings is 1. The number of primary amides is 1. The van der Waals surface area contributed by atoms with E-state index in [2.05, 4.69) is 10.2 Å². The second-order valence-corrected chi connectivity index (χ2v) is 4.16. The van der Waals surface area contributed by atoms with E-state index in [4.69, 9.17) is 18.0 Å². The van der Waals surface area contributed by atoms with Gasteiger partial charge in [0.2, 0.25) is 5.91 Å². The highest BCUT2D eigenvalue weighted by Crippen LogP contribution is 2.18. The Morgan fingerprint density at radius 1 is 1.59 bits per heavy atom. The summed E-state index contributed by atoms with van der Waals surface area (Å²) >= 11 is 5.06. The highest BCUT2D eigenvalue weighted by atomic mass is 32.1. The number of rotatable bonds is 3. The highest BCUT2D eigenvalue weighted by molar-refractivity contribution is 7.71. The number of hydrogen-bond acceptors (Lipinski definition) is 3. The van der Waals surface area contributed by atoms with Crippen molar-refractivity contribution in [3.8, 4) is 11.4 Å². The van der Waals surface area contributed by atoms with Crippen LogP contribution in [0.2, 0.25) is 0 Å². The van der Waals surface area contributed by atoms with Crippen molar-refractivity contribution in [1.29, 1.82) is 0 Å². The molecule has 0 radical (unpaired) electrons. The van der Waals surface area contributed by atoms with E-state index >= 15 is 0 Å². The van der Waals surface area contributed by atoms with Crippen LogP contribution in [-0.2, 0) is 11.3 Å². The zero-order valence-electron chi connectivity index (χ0n) is 9.30. The van der Waals surface area contributed by atoms with Crippen molar-refractivity contribution < 1.29 is 4.79 Å². The van der Waals surface area contributed by atoms with Crippen molar-refractivity contribution in [3.05, 3.63) is 34.6 Å². The Bertz CT molecular complexity index is 614. The van der Waals surface area contributed by atoms with Gasteiger partial charge in [0, 0.05) is 5.56 Å². The predicted octanol–water partition coefficient (Wildman–Crippen LogP) is 1.40. The van der Waals surface area contributed by atoms with Crippen LogP contribution in [0, 0.1) is 11.7 Å². The van der Waals surface area contributed by atoms with Gasteiger partial charge in [0.15, 0.2) is 10.6 Å². The summed E-state index contributed by atoms with van der Waals surface area (Å²) in [4.78, 5) is 11.0. The van der Waals surface area contributed by atoms with Crippen molar-refractivity contribution in [2.75, 3.05) is 0 Å². The maximum Gasteiger partial charge on any atom is 0.237 e. The molecule has 0 spiro atoms. The fraction of sp³-hybridized carbons (Fsp3) is 0.182. The molecule has 0 bridgehead atoms. The summed E-state index contributed by atoms with van der Waals surface area (Å²) < 4.78 is 1.98. The van der Waals surface area contributed by atoms with E-state index in [1.807, 2.05) is 31.2 Å². The number of carbonyl (C=O) groups is 1. The van der Waals surface area contributed by atoms with Crippen LogP contribution in [0.15, 0.2) is 24.3 Å². The number of nitrogens with two attached hydrogens (primary N) is 1. The minimum atomic E-state index is -0.448. The molecule has 5 nitrogen and oxygen atoms in total. The second-order valence-electron chi connectivity index (χ2n) is 3.77. The van der Waals surface area contributed by atoms with Crippen LogP contribution in [0.5, 0.6) is 0 Å². The van der Waals surface area contributed by atoms with Gasteiger partial charge in [0.05, 0.1) is 0 Å². The fourth-order valence-corrected chi connectivity index (χ4v) is 1.82. The minimum Gasteiger partial charge on any atom is -0.368 e. The Hall–Kier alpha value is -1.95. The average molecular weight is 248 g/mol. The molecule has 0 atom stereocenters. The van der Waals surface area contributed by atoms with Crippen molar-refractivity contribution in [2.45, 2.75) is 13.5 Å². The van der Waals surface area contributed by atoms with Crippen LogP contribution in [0.1, 0.15) is 5.56 Å². The lowest BCUT2D eigenvalue weighted by Crippen LogP contribution is -2.19. The number of hydrogen-bond donors (Lipinski definition) is 2. The predicted molar refractivity (Wildman–Crippen MR) is 66.8 cm³/mol. The maximum atomic E-state index is 11.0. The molecule has 1 amide bonds. The fourth-order valence-electron chi connectivity index (χ4n) is 1.62. The Morgan fingerprint density at radius 2 is 2.35 bits per heavy atom. The van der Waals surface area contributed by atoms with E-state index in [1.165, 1.54) is 0 Å². The molecule has 0 saturated carbocycles. The minimum absolute atomic E-state index is 0.0264. The van der Waals surface area contributed by atoms with Crippen LogP contribution in [0.4, 0.5) is 0 Å². The van der Waals surface area contributed by atoms with E-state index in [1.54, 1.807) is 4.57 Å². The van der Waals surface area contributed by atoms with Gasteiger partial charge in [-0.25, -0.2) is 0 Å². The molecule has 6 heteroatoms. The summed E-state index contributed by atoms with van der Waals surface area (Å²) in [5.41, 5.74) is 7.20. The normalized spacial score (nSPS) is 10.4. The first-order valence-electron chi connectivity index (χ1n) is 5.08. The van der Waals surface area contributed by atoms with E-state index in [0.29, 0.717) is 10.6 Å². The number of H-pyrrole nitrogens is 1. The molecular formula is C11H12N4OS. The number of aromatic amines is 1. The molecule has 0 aliphatic heterocycles. The van der Waals surface area contributed by atoms with Gasteiger partial charge in [-0.3, -0.25) is 14.5 Å². The standard InChI is InChI=1S/C11H12N4OS/c1-7-3-2-4-8(5-7)10-13-14-11(17)15(10)6-9(12)16/h2-5H,6H2,1H3,(H2,12,16)(H,14,17). The first-order valence-corrected chi connectivity index (χ1v) is 5.49. The largest absolute Gasteiger partial charge is 0.368 e. The third kappa shape index (κ3) is 2.42. The summed E-state index contributed by atoms with van der Waals surface area (Å²) in [6.07, 6.45) is 0. The molecule has 0 aliphatic rings. The number of amides is 1. The van der Waals surface area contributed by atoms with Gasteiger partial charge in [-0.1, -0.05) is 23.8 Å². The molecule has 17 heavy (non-hydrogen) atoms. The van der Waals surface area contributed by atoms with Crippen LogP contribution in [0.25, 0.3) is 11.4 Å². The molecule has 88 valence electrons. The van der Waals surface area contributed by atoms with E-state index < -0.39 is 5.91 Å². The lowest BCUT2D eigenvalue weighted by atomic mass is 10.1. The monoisotopic (exact) mass is 248 g/mol. The van der Waals surface area contributed by atoms with Gasteiger partial charge >= 0.3 is 0 Å². The van der Waals surface area contributed by atoms with Crippen LogP contribution in [0.3, 0.4) is 0 Å². The Kier molecular flexibility index (Phi) is 3.06. The third-order valence-corrected chi connectivity index (χ3v) is 2.66.